The Hall–Kier alpha value is -0.700. The van der Waals surface area contributed by atoms with Crippen LogP contribution in [0.1, 0.15) is 111 Å². The van der Waals surface area contributed by atoms with Crippen molar-refractivity contribution in [1.29, 1.82) is 0 Å². The molecule has 242 valence electrons. The molecule has 0 amide bonds. The van der Waals surface area contributed by atoms with E-state index in [9.17, 15) is 9.59 Å². The van der Waals surface area contributed by atoms with Crippen LogP contribution >= 0.6 is 0 Å². The molecule has 0 unspecified atom stereocenters. The van der Waals surface area contributed by atoms with Crippen LogP contribution in [0.4, 0.5) is 0 Å². The van der Waals surface area contributed by atoms with Crippen LogP contribution in [0.5, 0.6) is 0 Å². The molecular formula is C34H59BrN2O5. The first-order valence-electron chi connectivity index (χ1n) is 17.0. The third-order valence-electron chi connectivity index (χ3n) is 13.7. The molecule has 2 saturated heterocycles. The molecule has 42 heavy (non-hydrogen) atoms. The summed E-state index contributed by atoms with van der Waals surface area (Å²) in [5.74, 6) is 2.50. The highest BCUT2D eigenvalue weighted by molar-refractivity contribution is 5.66. The van der Waals surface area contributed by atoms with E-state index in [1.54, 1.807) is 13.8 Å². The molecule has 6 aliphatic rings. The van der Waals surface area contributed by atoms with E-state index in [2.05, 4.69) is 25.8 Å². The molecule has 2 heterocycles. The third kappa shape index (κ3) is 5.85. The third-order valence-corrected chi connectivity index (χ3v) is 13.7. The smallest absolute Gasteiger partial charge is 0.303 e. The minimum atomic E-state index is -0.111. The van der Waals surface area contributed by atoms with Gasteiger partial charge in [0.1, 0.15) is 12.1 Å². The first-order valence-corrected chi connectivity index (χ1v) is 17.0. The summed E-state index contributed by atoms with van der Waals surface area (Å²) in [6, 6.07) is 0.796. The average molecular weight is 656 g/mol. The normalized spacial score (nSPS) is 44.7. The van der Waals surface area contributed by atoms with E-state index < -0.39 is 0 Å². The van der Waals surface area contributed by atoms with Crippen LogP contribution in [0, 0.1) is 34.5 Å². The first kappa shape index (κ1) is 34.2. The molecule has 0 spiro atoms. The number of ether oxygens (including phenoxy) is 2. The quantitative estimate of drug-likeness (QED) is 0.343. The average Bonchev–Trinajstić information content (AvgIpc) is 3.21. The van der Waals surface area contributed by atoms with Gasteiger partial charge in [-0.05, 0) is 113 Å². The lowest BCUT2D eigenvalue weighted by molar-refractivity contribution is -0.940. The predicted octanol–water partition coefficient (Wildman–Crippen LogP) is 2.15. The lowest BCUT2D eigenvalue weighted by atomic mass is 9.44. The maximum atomic E-state index is 12.5. The van der Waals surface area contributed by atoms with Crippen molar-refractivity contribution in [3.05, 3.63) is 0 Å². The SMILES string of the molecule is CC(=O)O[C@H]1C[C@@H]2CC[C@@H]3[C@H](CC[C@@]4(C)[C@H]3C[C@H]([N+]3(C)CCCCC3)[C@@H]4OC(C)=O)[C@@]2(C)C[C@@H]1N1CCCCC1.O.[Br-]. The van der Waals surface area contributed by atoms with E-state index in [1.165, 1.54) is 90.1 Å². The summed E-state index contributed by atoms with van der Waals surface area (Å²) in [4.78, 5) is 27.4. The lowest BCUT2D eigenvalue weighted by Gasteiger charge is -2.62. The molecular weight excluding hydrogens is 596 g/mol. The van der Waals surface area contributed by atoms with Gasteiger partial charge in [0, 0.05) is 31.7 Å². The van der Waals surface area contributed by atoms with Gasteiger partial charge in [-0.3, -0.25) is 14.5 Å². The minimum absolute atomic E-state index is 0. The Morgan fingerprint density at radius 2 is 1.45 bits per heavy atom. The zero-order valence-corrected chi connectivity index (χ0v) is 28.6. The summed E-state index contributed by atoms with van der Waals surface area (Å²) in [5.41, 5.74) is 0.377. The summed E-state index contributed by atoms with van der Waals surface area (Å²) in [7, 11) is 2.47. The topological polar surface area (TPSA) is 87.3 Å². The summed E-state index contributed by atoms with van der Waals surface area (Å²) < 4.78 is 13.5. The largest absolute Gasteiger partial charge is 1.00 e. The van der Waals surface area contributed by atoms with Gasteiger partial charge in [0.2, 0.25) is 0 Å². The Balaban J connectivity index is 0.00000202. The number of hydrogen-bond acceptors (Lipinski definition) is 5. The molecule has 0 aromatic rings. The lowest BCUT2D eigenvalue weighted by Crippen LogP contribution is -3.00. The number of esters is 2. The maximum Gasteiger partial charge on any atom is 0.303 e. The Morgan fingerprint density at radius 1 is 0.810 bits per heavy atom. The van der Waals surface area contributed by atoms with Crippen LogP contribution in [0.25, 0.3) is 0 Å². The molecule has 0 bridgehead atoms. The van der Waals surface area contributed by atoms with Crippen LogP contribution < -0.4 is 17.0 Å². The minimum Gasteiger partial charge on any atom is -1.00 e. The molecule has 0 aromatic heterocycles. The molecule has 10 atom stereocenters. The summed E-state index contributed by atoms with van der Waals surface area (Å²) in [6.45, 7) is 13.1. The van der Waals surface area contributed by atoms with Crippen molar-refractivity contribution in [2.45, 2.75) is 135 Å². The summed E-state index contributed by atoms with van der Waals surface area (Å²) in [5, 5.41) is 0. The van der Waals surface area contributed by atoms with Crippen molar-refractivity contribution < 1.29 is 46.0 Å². The Morgan fingerprint density at radius 3 is 2.10 bits per heavy atom. The van der Waals surface area contributed by atoms with E-state index >= 15 is 0 Å². The molecule has 7 nitrogen and oxygen atoms in total. The summed E-state index contributed by atoms with van der Waals surface area (Å²) >= 11 is 0. The van der Waals surface area contributed by atoms with E-state index in [4.69, 9.17) is 9.47 Å². The van der Waals surface area contributed by atoms with Crippen LogP contribution in [0.3, 0.4) is 0 Å². The number of fused-ring (bicyclic) bond motifs is 5. The molecule has 6 fully saturated rings. The van der Waals surface area contributed by atoms with Crippen LogP contribution in [-0.2, 0) is 19.1 Å². The van der Waals surface area contributed by atoms with Crippen molar-refractivity contribution in [3.63, 3.8) is 0 Å². The van der Waals surface area contributed by atoms with Crippen LogP contribution in [0.2, 0.25) is 0 Å². The molecule has 4 aliphatic carbocycles. The van der Waals surface area contributed by atoms with Gasteiger partial charge in [-0.25, -0.2) is 0 Å². The van der Waals surface area contributed by atoms with Crippen molar-refractivity contribution >= 4 is 11.9 Å². The Kier molecular flexibility index (Phi) is 10.5. The van der Waals surface area contributed by atoms with Crippen molar-refractivity contribution in [2.24, 2.45) is 34.5 Å². The number of hydrogen-bond donors (Lipinski definition) is 0. The number of carbonyl (C=O) groups is 2. The van der Waals surface area contributed by atoms with E-state index in [0.717, 1.165) is 29.9 Å². The second-order valence-corrected chi connectivity index (χ2v) is 15.8. The van der Waals surface area contributed by atoms with Crippen LogP contribution in [0.15, 0.2) is 0 Å². The fourth-order valence-electron chi connectivity index (χ4n) is 11.7. The highest BCUT2D eigenvalue weighted by atomic mass is 79.9. The molecule has 2 N–H and O–H groups in total. The Bertz CT molecular complexity index is 968. The van der Waals surface area contributed by atoms with Gasteiger partial charge in [0.05, 0.1) is 20.1 Å². The zero-order chi connectivity index (χ0) is 28.3. The van der Waals surface area contributed by atoms with Crippen molar-refractivity contribution in [3.8, 4) is 0 Å². The molecule has 0 radical (unpaired) electrons. The van der Waals surface area contributed by atoms with E-state index in [0.29, 0.717) is 35.3 Å². The van der Waals surface area contributed by atoms with Crippen molar-refractivity contribution in [1.82, 2.24) is 4.90 Å². The Labute approximate surface area is 265 Å². The van der Waals surface area contributed by atoms with E-state index in [1.807, 2.05) is 0 Å². The molecule has 4 saturated carbocycles. The molecule has 8 heteroatoms. The number of piperidine rings is 2. The van der Waals surface area contributed by atoms with Gasteiger partial charge in [-0.1, -0.05) is 20.3 Å². The van der Waals surface area contributed by atoms with Gasteiger partial charge >= 0.3 is 11.9 Å². The van der Waals surface area contributed by atoms with Gasteiger partial charge in [0.15, 0.2) is 6.10 Å². The predicted molar refractivity (Wildman–Crippen MR) is 160 cm³/mol. The fourth-order valence-corrected chi connectivity index (χ4v) is 11.7. The van der Waals surface area contributed by atoms with Crippen LogP contribution in [-0.4, -0.2) is 84.3 Å². The van der Waals surface area contributed by atoms with Crippen molar-refractivity contribution in [2.75, 3.05) is 33.2 Å². The molecule has 2 aliphatic heterocycles. The number of carbonyl (C=O) groups excluding carboxylic acids is 2. The van der Waals surface area contributed by atoms with E-state index in [-0.39, 0.29) is 52.0 Å². The number of halogens is 1. The zero-order valence-electron chi connectivity index (χ0n) is 27.0. The number of nitrogens with zero attached hydrogens (tertiary/aromatic N) is 2. The maximum absolute atomic E-state index is 12.5. The standard InChI is InChI=1S/C34H57N2O4.BrH.H2O/c1-23(37)39-31-20-25-12-13-26-27(34(25,4)22-29(31)35-16-8-6-9-17-35)14-15-33(3)28(26)21-30(32(33)40-24(2)38)36(5)18-10-7-11-19-36;;/h25-32H,6-22H2,1-5H3;1H;1H2/q+1;;/p-1/t25-,26+,27-,28-,29-,30-,31-,32-,33-,34-;;/m0../s1. The number of likely N-dealkylation sites (N-methyl/N-ethyl adjacent to an activating group) is 1. The highest BCUT2D eigenvalue weighted by Gasteiger charge is 2.67. The number of likely N-dealkylation sites (tertiary alicyclic amines) is 2. The second kappa shape index (κ2) is 13.0. The van der Waals surface area contributed by atoms with Gasteiger partial charge in [0.25, 0.3) is 0 Å². The summed E-state index contributed by atoms with van der Waals surface area (Å²) in [6.07, 6.45) is 16.3. The number of quaternary nitrogens is 1. The van der Waals surface area contributed by atoms with Gasteiger partial charge < -0.3 is 36.4 Å². The van der Waals surface area contributed by atoms with Gasteiger partial charge in [-0.15, -0.1) is 0 Å². The monoisotopic (exact) mass is 654 g/mol. The fraction of sp³-hybridized carbons (Fsp3) is 0.941. The first-order chi connectivity index (χ1) is 19.0. The molecule has 6 rings (SSSR count). The molecule has 0 aromatic carbocycles. The number of rotatable bonds is 4. The second-order valence-electron chi connectivity index (χ2n) is 15.8. The van der Waals surface area contributed by atoms with Gasteiger partial charge in [-0.2, -0.15) is 0 Å². The highest BCUT2D eigenvalue weighted by Crippen LogP contribution is 2.67.